The van der Waals surface area contributed by atoms with Crippen molar-refractivity contribution >= 4 is 23.3 Å². The number of esters is 2. The second kappa shape index (κ2) is 10.7. The summed E-state index contributed by atoms with van der Waals surface area (Å²) in [6.07, 6.45) is -2.06. The molecular formula is C29H18N2O12. The quantitative estimate of drug-likeness (QED) is 0.152. The van der Waals surface area contributed by atoms with E-state index in [1.807, 2.05) is 0 Å². The molecule has 4 aromatic rings. The molecule has 0 aromatic heterocycles. The summed E-state index contributed by atoms with van der Waals surface area (Å²) in [7, 11) is 0. The zero-order valence-corrected chi connectivity index (χ0v) is 21.8. The van der Waals surface area contributed by atoms with Gasteiger partial charge >= 0.3 is 18.1 Å². The monoisotopic (exact) mass is 586 g/mol. The van der Waals surface area contributed by atoms with E-state index in [1.54, 1.807) is 12.1 Å². The Morgan fingerprint density at radius 1 is 0.605 bits per heavy atom. The summed E-state index contributed by atoms with van der Waals surface area (Å²) in [5.74, 6) is -0.953. The molecule has 43 heavy (non-hydrogen) atoms. The average molecular weight is 586 g/mol. The predicted octanol–water partition coefficient (Wildman–Crippen LogP) is 5.07. The van der Waals surface area contributed by atoms with E-state index in [0.29, 0.717) is 0 Å². The Bertz CT molecular complexity index is 1670. The van der Waals surface area contributed by atoms with Crippen molar-refractivity contribution in [2.75, 3.05) is 0 Å². The second-order valence-electron chi connectivity index (χ2n) is 9.16. The van der Waals surface area contributed by atoms with Crippen LogP contribution in [-0.2, 0) is 22.7 Å². The van der Waals surface area contributed by atoms with E-state index in [-0.39, 0.29) is 69.8 Å². The van der Waals surface area contributed by atoms with Crippen LogP contribution in [0.3, 0.4) is 0 Å². The number of nitro groups is 2. The van der Waals surface area contributed by atoms with E-state index in [0.717, 1.165) is 0 Å². The topological polar surface area (TPSA) is 176 Å². The maximum absolute atomic E-state index is 12.7. The van der Waals surface area contributed by atoms with Gasteiger partial charge in [-0.05, 0) is 48.5 Å². The number of hydrogen-bond acceptors (Lipinski definition) is 12. The van der Waals surface area contributed by atoms with Gasteiger partial charge in [0, 0.05) is 12.1 Å². The molecule has 1 spiro atoms. The van der Waals surface area contributed by atoms with Gasteiger partial charge in [-0.15, -0.1) is 0 Å². The lowest BCUT2D eigenvalue weighted by atomic mass is 10.2. The van der Waals surface area contributed by atoms with Crippen LogP contribution >= 0.6 is 0 Å². The molecule has 0 saturated carbocycles. The third kappa shape index (κ3) is 5.31. The van der Waals surface area contributed by atoms with Crippen molar-refractivity contribution in [2.24, 2.45) is 0 Å². The molecule has 0 radical (unpaired) electrons. The summed E-state index contributed by atoms with van der Waals surface area (Å²) in [5, 5.41) is 22.4. The third-order valence-electron chi connectivity index (χ3n) is 6.39. The van der Waals surface area contributed by atoms with Crippen LogP contribution in [0.2, 0.25) is 0 Å². The number of rotatable bonds is 8. The molecule has 0 atom stereocenters. The van der Waals surface area contributed by atoms with Crippen LogP contribution < -0.4 is 18.9 Å². The lowest BCUT2D eigenvalue weighted by Gasteiger charge is -2.17. The summed E-state index contributed by atoms with van der Waals surface area (Å²) in [4.78, 5) is 46.6. The fourth-order valence-corrected chi connectivity index (χ4v) is 4.34. The number of carbonyl (C=O) groups excluding carboxylic acids is 2. The minimum Gasteiger partial charge on any atom is -0.457 e. The Morgan fingerprint density at radius 2 is 1.00 bits per heavy atom. The first-order valence-corrected chi connectivity index (χ1v) is 12.5. The Kier molecular flexibility index (Phi) is 6.70. The van der Waals surface area contributed by atoms with Crippen molar-refractivity contribution in [2.45, 2.75) is 19.4 Å². The molecule has 216 valence electrons. The highest BCUT2D eigenvalue weighted by atomic mass is 17.0. The third-order valence-corrected chi connectivity index (χ3v) is 6.39. The van der Waals surface area contributed by atoms with Crippen LogP contribution in [-0.4, -0.2) is 27.9 Å². The molecule has 0 amide bonds. The van der Waals surface area contributed by atoms with Gasteiger partial charge in [0.2, 0.25) is 0 Å². The van der Waals surface area contributed by atoms with Crippen molar-refractivity contribution in [3.63, 3.8) is 0 Å². The molecule has 2 aliphatic heterocycles. The first-order valence-electron chi connectivity index (χ1n) is 12.5. The Morgan fingerprint density at radius 3 is 1.42 bits per heavy atom. The molecule has 2 aliphatic rings. The van der Waals surface area contributed by atoms with Crippen molar-refractivity contribution in [3.8, 4) is 23.0 Å². The number of para-hydroxylation sites is 2. The SMILES string of the molecule is O=C(OCc1ccccc1[N+](=O)[O-])c1ccc2c(c1)OC1(O2)Oc2ccc(C(=O)OCc3ccccc3[N+](=O)[O-])cc2O1. The molecule has 0 bridgehead atoms. The van der Waals surface area contributed by atoms with Crippen LogP contribution in [0.25, 0.3) is 0 Å². The van der Waals surface area contributed by atoms with Crippen molar-refractivity contribution < 1.29 is 47.9 Å². The molecule has 14 nitrogen and oxygen atoms in total. The smallest absolute Gasteiger partial charge is 0.457 e. The normalized spacial score (nSPS) is 13.4. The van der Waals surface area contributed by atoms with Crippen LogP contribution in [0.5, 0.6) is 23.0 Å². The minimum absolute atomic E-state index is 0.0807. The molecule has 0 unspecified atom stereocenters. The zero-order valence-electron chi connectivity index (χ0n) is 21.8. The number of benzene rings is 4. The standard InChI is InChI=1S/C29H18N2O12/c32-27(38-15-19-5-1-3-7-21(19)30(34)35)17-9-11-23-25(13-17)42-29(40-23)41-24-12-10-18(14-26(24)43-29)28(33)39-16-20-6-2-4-8-22(20)31(36)37/h1-14H,15-16H2. The lowest BCUT2D eigenvalue weighted by molar-refractivity contribution is -0.386. The fraction of sp³-hybridized carbons (Fsp3) is 0.103. The fourth-order valence-electron chi connectivity index (χ4n) is 4.34. The number of ether oxygens (including phenoxy) is 6. The van der Waals surface area contributed by atoms with E-state index in [2.05, 4.69) is 0 Å². The molecular weight excluding hydrogens is 568 g/mol. The van der Waals surface area contributed by atoms with E-state index in [4.69, 9.17) is 28.4 Å². The number of fused-ring (bicyclic) bond motifs is 2. The van der Waals surface area contributed by atoms with Gasteiger partial charge in [0.15, 0.2) is 23.0 Å². The summed E-state index contributed by atoms with van der Waals surface area (Å²) in [6, 6.07) is 20.2. The summed E-state index contributed by atoms with van der Waals surface area (Å²) in [6.45, 7) is -0.633. The van der Waals surface area contributed by atoms with Gasteiger partial charge in [-0.25, -0.2) is 9.59 Å². The maximum Gasteiger partial charge on any atom is 0.611 e. The van der Waals surface area contributed by atoms with Gasteiger partial charge in [0.05, 0.1) is 32.1 Å². The van der Waals surface area contributed by atoms with Crippen molar-refractivity contribution in [1.29, 1.82) is 0 Å². The minimum atomic E-state index is -2.06. The van der Waals surface area contributed by atoms with E-state index < -0.39 is 27.9 Å². The van der Waals surface area contributed by atoms with E-state index in [9.17, 15) is 29.8 Å². The molecule has 0 saturated heterocycles. The average Bonchev–Trinajstić information content (AvgIpc) is 3.55. The highest BCUT2D eigenvalue weighted by Crippen LogP contribution is 2.48. The van der Waals surface area contributed by atoms with Gasteiger partial charge in [0.25, 0.3) is 11.4 Å². The van der Waals surface area contributed by atoms with Crippen molar-refractivity contribution in [3.05, 3.63) is 127 Å². The molecule has 2 heterocycles. The van der Waals surface area contributed by atoms with Crippen LogP contribution in [0.15, 0.2) is 84.9 Å². The summed E-state index contributed by atoms with van der Waals surface area (Å²) < 4.78 is 33.4. The largest absolute Gasteiger partial charge is 0.611 e. The highest BCUT2D eigenvalue weighted by molar-refractivity contribution is 5.91. The van der Waals surface area contributed by atoms with E-state index in [1.165, 1.54) is 72.8 Å². The van der Waals surface area contributed by atoms with Crippen LogP contribution in [0.4, 0.5) is 11.4 Å². The van der Waals surface area contributed by atoms with E-state index >= 15 is 0 Å². The Balaban J connectivity index is 1.10. The number of nitrogens with zero attached hydrogens (tertiary/aromatic N) is 2. The Labute approximate surface area is 241 Å². The van der Waals surface area contributed by atoms with Crippen LogP contribution in [0.1, 0.15) is 31.8 Å². The number of carbonyl (C=O) groups is 2. The predicted molar refractivity (Wildman–Crippen MR) is 143 cm³/mol. The summed E-state index contributed by atoms with van der Waals surface area (Å²) in [5.41, 5.74) is 0.282. The van der Waals surface area contributed by atoms with Gasteiger partial charge in [-0.1, -0.05) is 24.3 Å². The molecule has 4 aromatic carbocycles. The van der Waals surface area contributed by atoms with Crippen LogP contribution in [0, 0.1) is 20.2 Å². The van der Waals surface area contributed by atoms with Gasteiger partial charge in [0.1, 0.15) is 13.2 Å². The first-order chi connectivity index (χ1) is 20.7. The second-order valence-corrected chi connectivity index (χ2v) is 9.16. The van der Waals surface area contributed by atoms with Gasteiger partial charge in [-0.3, -0.25) is 20.2 Å². The highest BCUT2D eigenvalue weighted by Gasteiger charge is 2.54. The molecule has 0 aliphatic carbocycles. The maximum atomic E-state index is 12.7. The molecule has 6 rings (SSSR count). The zero-order chi connectivity index (χ0) is 30.1. The number of nitro benzene ring substituents is 2. The van der Waals surface area contributed by atoms with Gasteiger partial charge < -0.3 is 28.4 Å². The number of hydrogen-bond donors (Lipinski definition) is 0. The summed E-state index contributed by atoms with van der Waals surface area (Å²) >= 11 is 0. The molecule has 0 fully saturated rings. The van der Waals surface area contributed by atoms with Crippen molar-refractivity contribution in [1.82, 2.24) is 0 Å². The molecule has 14 heteroatoms. The molecule has 0 N–H and O–H groups in total. The van der Waals surface area contributed by atoms with Gasteiger partial charge in [-0.2, -0.15) is 0 Å². The lowest BCUT2D eigenvalue weighted by Crippen LogP contribution is -2.47. The Hall–Kier alpha value is -6.18. The first kappa shape index (κ1) is 27.0.